The number of methoxy groups -OCH3 is 1. The molecule has 0 bridgehead atoms. The Bertz CT molecular complexity index is 583. The Morgan fingerprint density at radius 2 is 2.37 bits per heavy atom. The van der Waals surface area contributed by atoms with Crippen LogP contribution < -0.4 is 0 Å². The Morgan fingerprint density at radius 1 is 1.58 bits per heavy atom. The Balaban J connectivity index is 2.17. The maximum absolute atomic E-state index is 11.5. The number of nitrogens with zero attached hydrogens (tertiary/aromatic N) is 2. The van der Waals surface area contributed by atoms with Crippen LogP contribution in [0.1, 0.15) is 22.2 Å². The molecule has 0 aliphatic rings. The van der Waals surface area contributed by atoms with Gasteiger partial charge in [-0.25, -0.2) is 9.78 Å². The number of esters is 1. The van der Waals surface area contributed by atoms with Crippen LogP contribution in [0.5, 0.6) is 0 Å². The van der Waals surface area contributed by atoms with Crippen molar-refractivity contribution < 1.29 is 14.6 Å². The van der Waals surface area contributed by atoms with Gasteiger partial charge in [0.05, 0.1) is 32.3 Å². The van der Waals surface area contributed by atoms with Gasteiger partial charge in [0, 0.05) is 3.57 Å². The Labute approximate surface area is 124 Å². The van der Waals surface area contributed by atoms with E-state index in [1.165, 1.54) is 19.6 Å². The number of carbonyl (C=O) groups excluding carboxylic acids is 1. The topological polar surface area (TPSA) is 64.3 Å². The Hall–Kier alpha value is -1.41. The van der Waals surface area contributed by atoms with Crippen molar-refractivity contribution in [1.29, 1.82) is 0 Å². The van der Waals surface area contributed by atoms with E-state index in [0.29, 0.717) is 5.69 Å². The third-order valence-electron chi connectivity index (χ3n) is 2.71. The second-order valence-electron chi connectivity index (χ2n) is 3.99. The second kappa shape index (κ2) is 6.16. The quantitative estimate of drug-likeness (QED) is 0.659. The number of benzene rings is 1. The molecule has 1 aromatic heterocycles. The number of aliphatic hydroxyl groups excluding tert-OH is 1. The van der Waals surface area contributed by atoms with Gasteiger partial charge in [-0.3, -0.25) is 0 Å². The van der Waals surface area contributed by atoms with Crippen molar-refractivity contribution in [2.45, 2.75) is 12.6 Å². The first kappa shape index (κ1) is 14.0. The van der Waals surface area contributed by atoms with E-state index in [9.17, 15) is 9.90 Å². The molecule has 100 valence electrons. The van der Waals surface area contributed by atoms with Gasteiger partial charge < -0.3 is 14.4 Å². The summed E-state index contributed by atoms with van der Waals surface area (Å²) in [5.74, 6) is -0.465. The molecule has 2 rings (SSSR count). The molecule has 0 saturated heterocycles. The molecule has 1 heterocycles. The molecule has 1 aromatic carbocycles. The van der Waals surface area contributed by atoms with Gasteiger partial charge in [0.1, 0.15) is 5.69 Å². The minimum Gasteiger partial charge on any atom is -0.464 e. The van der Waals surface area contributed by atoms with Gasteiger partial charge in [0.2, 0.25) is 0 Å². The van der Waals surface area contributed by atoms with Crippen LogP contribution >= 0.6 is 22.6 Å². The molecule has 1 atom stereocenters. The number of aliphatic hydroxyl groups is 1. The zero-order chi connectivity index (χ0) is 13.8. The smallest absolute Gasteiger partial charge is 0.356 e. The van der Waals surface area contributed by atoms with Crippen molar-refractivity contribution in [2.24, 2.45) is 0 Å². The summed E-state index contributed by atoms with van der Waals surface area (Å²) in [7, 11) is 1.32. The highest BCUT2D eigenvalue weighted by Gasteiger charge is 2.15. The zero-order valence-corrected chi connectivity index (χ0v) is 12.4. The van der Waals surface area contributed by atoms with Crippen molar-refractivity contribution in [3.8, 4) is 0 Å². The normalized spacial score (nSPS) is 12.2. The molecule has 5 nitrogen and oxygen atoms in total. The minimum absolute atomic E-state index is 0.254. The number of ether oxygens (including phenoxy) is 1. The van der Waals surface area contributed by atoms with Crippen LogP contribution in [0, 0.1) is 3.57 Å². The Kier molecular flexibility index (Phi) is 4.54. The van der Waals surface area contributed by atoms with Gasteiger partial charge in [-0.2, -0.15) is 0 Å². The molecule has 0 fully saturated rings. The third kappa shape index (κ3) is 3.32. The molecule has 19 heavy (non-hydrogen) atoms. The van der Waals surface area contributed by atoms with E-state index < -0.39 is 12.1 Å². The van der Waals surface area contributed by atoms with E-state index in [1.54, 1.807) is 4.57 Å². The van der Waals surface area contributed by atoms with E-state index in [2.05, 4.69) is 32.3 Å². The lowest BCUT2D eigenvalue weighted by atomic mass is 10.1. The highest BCUT2D eigenvalue weighted by molar-refractivity contribution is 14.1. The van der Waals surface area contributed by atoms with E-state index >= 15 is 0 Å². The monoisotopic (exact) mass is 372 g/mol. The summed E-state index contributed by atoms with van der Waals surface area (Å²) in [6.45, 7) is 0.254. The van der Waals surface area contributed by atoms with E-state index in [0.717, 1.165) is 9.13 Å². The van der Waals surface area contributed by atoms with Gasteiger partial charge in [-0.1, -0.05) is 12.1 Å². The number of halogens is 1. The molecule has 0 radical (unpaired) electrons. The molecule has 1 unspecified atom stereocenters. The average molecular weight is 372 g/mol. The first-order valence-corrected chi connectivity index (χ1v) is 6.71. The fourth-order valence-electron chi connectivity index (χ4n) is 1.75. The van der Waals surface area contributed by atoms with Crippen LogP contribution in [0.15, 0.2) is 36.8 Å². The molecule has 1 N–H and O–H groups in total. The summed E-state index contributed by atoms with van der Waals surface area (Å²) < 4.78 is 7.29. The first-order chi connectivity index (χ1) is 9.11. The lowest BCUT2D eigenvalue weighted by Gasteiger charge is -2.13. The van der Waals surface area contributed by atoms with Crippen molar-refractivity contribution in [2.75, 3.05) is 7.11 Å². The van der Waals surface area contributed by atoms with Gasteiger partial charge >= 0.3 is 5.97 Å². The number of carbonyl (C=O) groups is 1. The summed E-state index contributed by atoms with van der Waals surface area (Å²) in [5, 5.41) is 10.2. The maximum Gasteiger partial charge on any atom is 0.356 e. The second-order valence-corrected chi connectivity index (χ2v) is 5.24. The summed E-state index contributed by atoms with van der Waals surface area (Å²) in [4.78, 5) is 15.4. The molecule has 0 aliphatic heterocycles. The minimum atomic E-state index is -0.702. The summed E-state index contributed by atoms with van der Waals surface area (Å²) in [5.41, 5.74) is 1.13. The van der Waals surface area contributed by atoms with Crippen molar-refractivity contribution >= 4 is 28.6 Å². The Morgan fingerprint density at radius 3 is 3.05 bits per heavy atom. The zero-order valence-electron chi connectivity index (χ0n) is 10.3. The van der Waals surface area contributed by atoms with Gasteiger partial charge in [0.15, 0.2) is 0 Å². The number of rotatable bonds is 4. The fourth-order valence-corrected chi connectivity index (χ4v) is 2.31. The van der Waals surface area contributed by atoms with Gasteiger partial charge in [0.25, 0.3) is 0 Å². The molecule has 0 amide bonds. The van der Waals surface area contributed by atoms with Gasteiger partial charge in [-0.05, 0) is 40.3 Å². The molecule has 6 heteroatoms. The molecular weight excluding hydrogens is 359 g/mol. The van der Waals surface area contributed by atoms with Crippen molar-refractivity contribution in [1.82, 2.24) is 9.55 Å². The number of hydrogen-bond donors (Lipinski definition) is 1. The molecule has 0 spiro atoms. The lowest BCUT2D eigenvalue weighted by Crippen LogP contribution is -2.14. The summed E-state index contributed by atoms with van der Waals surface area (Å²) >= 11 is 2.19. The molecular formula is C13H13IN2O3. The van der Waals surface area contributed by atoms with Gasteiger partial charge in [-0.15, -0.1) is 0 Å². The highest BCUT2D eigenvalue weighted by Crippen LogP contribution is 2.18. The number of aromatic nitrogens is 2. The maximum atomic E-state index is 11.5. The van der Waals surface area contributed by atoms with E-state index in [4.69, 9.17) is 0 Å². The van der Waals surface area contributed by atoms with Crippen LogP contribution in [-0.2, 0) is 11.3 Å². The lowest BCUT2D eigenvalue weighted by molar-refractivity contribution is 0.0583. The van der Waals surface area contributed by atoms with Crippen LogP contribution in [0.25, 0.3) is 0 Å². The largest absolute Gasteiger partial charge is 0.464 e. The van der Waals surface area contributed by atoms with Crippen LogP contribution in [0.2, 0.25) is 0 Å². The first-order valence-electron chi connectivity index (χ1n) is 5.64. The van der Waals surface area contributed by atoms with Crippen LogP contribution in [0.3, 0.4) is 0 Å². The average Bonchev–Trinajstić information content (AvgIpc) is 2.86. The number of hydrogen-bond acceptors (Lipinski definition) is 4. The van der Waals surface area contributed by atoms with Crippen molar-refractivity contribution in [3.63, 3.8) is 0 Å². The molecule has 2 aromatic rings. The van der Waals surface area contributed by atoms with E-state index in [1.807, 2.05) is 24.3 Å². The van der Waals surface area contributed by atoms with Crippen molar-refractivity contribution in [3.05, 3.63) is 51.6 Å². The summed E-state index contributed by atoms with van der Waals surface area (Å²) in [6, 6.07) is 7.59. The SMILES string of the molecule is COC(=O)c1cncn1CC(O)c1cccc(I)c1. The number of imidazole rings is 1. The molecule has 0 saturated carbocycles. The molecule has 0 aliphatic carbocycles. The van der Waals surface area contributed by atoms with Crippen LogP contribution in [-0.4, -0.2) is 27.7 Å². The fraction of sp³-hybridized carbons (Fsp3) is 0.231. The summed E-state index contributed by atoms with van der Waals surface area (Å²) in [6.07, 6.45) is 2.23. The van der Waals surface area contributed by atoms with E-state index in [-0.39, 0.29) is 6.54 Å². The highest BCUT2D eigenvalue weighted by atomic mass is 127. The van der Waals surface area contributed by atoms with Crippen LogP contribution in [0.4, 0.5) is 0 Å². The predicted octanol–water partition coefficient (Wildman–Crippen LogP) is 2.01. The standard InChI is InChI=1S/C13H13IN2O3/c1-19-13(18)11-6-15-8-16(11)7-12(17)9-3-2-4-10(14)5-9/h2-6,8,12,17H,7H2,1H3. The third-order valence-corrected chi connectivity index (χ3v) is 3.38. The predicted molar refractivity (Wildman–Crippen MR) is 77.7 cm³/mol.